The van der Waals surface area contributed by atoms with Gasteiger partial charge >= 0.3 is 6.18 Å². The number of nitrogens with zero attached hydrogens (tertiary/aromatic N) is 3. The Morgan fingerprint density at radius 1 is 1.21 bits per heavy atom. The Morgan fingerprint density at radius 3 is 2.64 bits per heavy atom. The molecule has 0 aromatic carbocycles. The lowest BCUT2D eigenvalue weighted by molar-refractivity contribution is -0.154. The molecule has 2 rings (SSSR count). The molecule has 1 fully saturated rings. The molecule has 2 N–H and O–H groups in total. The van der Waals surface area contributed by atoms with E-state index >= 15 is 0 Å². The van der Waals surface area contributed by atoms with Crippen LogP contribution in [0.3, 0.4) is 0 Å². The lowest BCUT2D eigenvalue weighted by atomic mass is 10.2. The van der Waals surface area contributed by atoms with Gasteiger partial charge in [-0.15, -0.1) is 0 Å². The smallest absolute Gasteiger partial charge is 0.422 e. The maximum absolute atomic E-state index is 12.4. The minimum Gasteiger partial charge on any atom is -0.468 e. The Kier molecular flexibility index (Phi) is 9.33. The SMILES string of the molecule is CN=C(NCCCN1CCCCCC1)NCc1cccnc1OCC(F)(F)F. The van der Waals surface area contributed by atoms with E-state index in [1.807, 2.05) is 0 Å². The summed E-state index contributed by atoms with van der Waals surface area (Å²) < 4.78 is 41.9. The summed E-state index contributed by atoms with van der Waals surface area (Å²) in [5, 5.41) is 6.34. The van der Waals surface area contributed by atoms with Crippen molar-refractivity contribution in [1.82, 2.24) is 20.5 Å². The number of pyridine rings is 1. The molecule has 0 radical (unpaired) electrons. The Balaban J connectivity index is 1.73. The molecule has 158 valence electrons. The predicted molar refractivity (Wildman–Crippen MR) is 104 cm³/mol. The minimum absolute atomic E-state index is 0.0241. The average molecular weight is 401 g/mol. The molecule has 1 saturated heterocycles. The third-order valence-corrected chi connectivity index (χ3v) is 4.53. The van der Waals surface area contributed by atoms with Gasteiger partial charge in [0.2, 0.25) is 5.88 Å². The summed E-state index contributed by atoms with van der Waals surface area (Å²) in [6, 6.07) is 3.34. The van der Waals surface area contributed by atoms with E-state index in [0.717, 1.165) is 19.5 Å². The maximum atomic E-state index is 12.4. The normalized spacial score (nSPS) is 16.5. The monoisotopic (exact) mass is 401 g/mol. The molecule has 0 amide bonds. The topological polar surface area (TPSA) is 61.8 Å². The highest BCUT2D eigenvalue weighted by Gasteiger charge is 2.29. The van der Waals surface area contributed by atoms with E-state index in [1.54, 1.807) is 19.2 Å². The van der Waals surface area contributed by atoms with Gasteiger partial charge in [0.1, 0.15) is 0 Å². The molecule has 6 nitrogen and oxygen atoms in total. The summed E-state index contributed by atoms with van der Waals surface area (Å²) in [4.78, 5) is 10.6. The van der Waals surface area contributed by atoms with Crippen LogP contribution in [0.2, 0.25) is 0 Å². The number of alkyl halides is 3. The molecule has 0 unspecified atom stereocenters. The van der Waals surface area contributed by atoms with Gasteiger partial charge in [0.25, 0.3) is 0 Å². The fourth-order valence-corrected chi connectivity index (χ4v) is 3.11. The summed E-state index contributed by atoms with van der Waals surface area (Å²) in [6.07, 6.45) is 3.23. The molecule has 0 bridgehead atoms. The summed E-state index contributed by atoms with van der Waals surface area (Å²) in [5.41, 5.74) is 0.541. The lowest BCUT2D eigenvalue weighted by Gasteiger charge is -2.20. The zero-order chi connectivity index (χ0) is 20.2. The summed E-state index contributed by atoms with van der Waals surface area (Å²) in [5.74, 6) is 0.574. The van der Waals surface area contributed by atoms with Crippen molar-refractivity contribution in [2.75, 3.05) is 39.8 Å². The van der Waals surface area contributed by atoms with Crippen molar-refractivity contribution < 1.29 is 17.9 Å². The van der Waals surface area contributed by atoms with E-state index in [9.17, 15) is 13.2 Å². The Bertz CT molecular complexity index is 601. The number of aromatic nitrogens is 1. The zero-order valence-corrected chi connectivity index (χ0v) is 16.4. The van der Waals surface area contributed by atoms with Crippen molar-refractivity contribution in [3.63, 3.8) is 0 Å². The molecule has 1 aliphatic heterocycles. The van der Waals surface area contributed by atoms with Crippen molar-refractivity contribution in [3.05, 3.63) is 23.9 Å². The molecule has 0 spiro atoms. The predicted octanol–water partition coefficient (Wildman–Crippen LogP) is 2.95. The standard InChI is InChI=1S/C19H30F3N5O/c1-23-18(25-10-7-13-27-11-4-2-3-5-12-27)26-14-16-8-6-9-24-17(16)28-15-19(20,21)22/h6,8-9H,2-5,7,10-15H2,1H3,(H2,23,25,26). The summed E-state index contributed by atoms with van der Waals surface area (Å²) >= 11 is 0. The van der Waals surface area contributed by atoms with Gasteiger partial charge in [-0.25, -0.2) is 4.98 Å². The molecule has 1 aromatic heterocycles. The molecule has 0 saturated carbocycles. The number of rotatable bonds is 8. The van der Waals surface area contributed by atoms with Gasteiger partial charge in [0.05, 0.1) is 0 Å². The van der Waals surface area contributed by atoms with Gasteiger partial charge in [-0.05, 0) is 45.0 Å². The van der Waals surface area contributed by atoms with Crippen LogP contribution in [0.1, 0.15) is 37.7 Å². The number of ether oxygens (including phenoxy) is 1. The minimum atomic E-state index is -4.40. The van der Waals surface area contributed by atoms with Crippen molar-refractivity contribution in [3.8, 4) is 5.88 Å². The van der Waals surface area contributed by atoms with Crippen LogP contribution in [0, 0.1) is 0 Å². The van der Waals surface area contributed by atoms with E-state index in [-0.39, 0.29) is 12.4 Å². The van der Waals surface area contributed by atoms with Crippen LogP contribution in [0.4, 0.5) is 13.2 Å². The van der Waals surface area contributed by atoms with Crippen LogP contribution >= 0.6 is 0 Å². The second-order valence-electron chi connectivity index (χ2n) is 6.83. The number of aliphatic imine (C=N–C) groups is 1. The van der Waals surface area contributed by atoms with Crippen molar-refractivity contribution in [2.45, 2.75) is 44.8 Å². The largest absolute Gasteiger partial charge is 0.468 e. The molecule has 0 aliphatic carbocycles. The molecule has 2 heterocycles. The first-order chi connectivity index (χ1) is 13.5. The third-order valence-electron chi connectivity index (χ3n) is 4.53. The van der Waals surface area contributed by atoms with Crippen LogP contribution < -0.4 is 15.4 Å². The maximum Gasteiger partial charge on any atom is 0.422 e. The van der Waals surface area contributed by atoms with Crippen LogP contribution in [0.25, 0.3) is 0 Å². The first-order valence-corrected chi connectivity index (χ1v) is 9.78. The number of likely N-dealkylation sites (tertiary alicyclic amines) is 1. The van der Waals surface area contributed by atoms with E-state index in [0.29, 0.717) is 11.5 Å². The van der Waals surface area contributed by atoms with Crippen LogP contribution in [-0.2, 0) is 6.54 Å². The number of guanidine groups is 1. The van der Waals surface area contributed by atoms with Gasteiger partial charge in [0, 0.05) is 31.9 Å². The fourth-order valence-electron chi connectivity index (χ4n) is 3.11. The molecule has 28 heavy (non-hydrogen) atoms. The molecular formula is C19H30F3N5O. The highest BCUT2D eigenvalue weighted by molar-refractivity contribution is 5.79. The van der Waals surface area contributed by atoms with Gasteiger partial charge in [-0.3, -0.25) is 4.99 Å². The third kappa shape index (κ3) is 8.77. The molecule has 0 atom stereocenters. The Hall–Kier alpha value is -2.03. The number of hydrogen-bond donors (Lipinski definition) is 2. The number of halogens is 3. The Morgan fingerprint density at radius 2 is 1.96 bits per heavy atom. The second kappa shape index (κ2) is 11.7. The van der Waals surface area contributed by atoms with Crippen LogP contribution in [0.5, 0.6) is 5.88 Å². The lowest BCUT2D eigenvalue weighted by Crippen LogP contribution is -2.38. The fraction of sp³-hybridized carbons (Fsp3) is 0.684. The summed E-state index contributed by atoms with van der Waals surface area (Å²) in [6.45, 7) is 3.10. The van der Waals surface area contributed by atoms with Gasteiger partial charge < -0.3 is 20.3 Å². The quantitative estimate of drug-likeness (QED) is 0.398. The summed E-state index contributed by atoms with van der Waals surface area (Å²) in [7, 11) is 1.66. The highest BCUT2D eigenvalue weighted by Crippen LogP contribution is 2.19. The first kappa shape index (κ1) is 22.3. The van der Waals surface area contributed by atoms with Crippen LogP contribution in [-0.4, -0.2) is 61.9 Å². The zero-order valence-electron chi connectivity index (χ0n) is 16.4. The van der Waals surface area contributed by atoms with E-state index in [2.05, 4.69) is 25.5 Å². The van der Waals surface area contributed by atoms with E-state index in [1.165, 1.54) is 45.0 Å². The van der Waals surface area contributed by atoms with Crippen molar-refractivity contribution in [2.24, 2.45) is 4.99 Å². The number of hydrogen-bond acceptors (Lipinski definition) is 4. The molecule has 9 heteroatoms. The molecular weight excluding hydrogens is 371 g/mol. The van der Waals surface area contributed by atoms with Crippen molar-refractivity contribution in [1.29, 1.82) is 0 Å². The number of nitrogens with one attached hydrogen (secondary N) is 2. The van der Waals surface area contributed by atoms with E-state index in [4.69, 9.17) is 4.74 Å². The highest BCUT2D eigenvalue weighted by atomic mass is 19.4. The van der Waals surface area contributed by atoms with Gasteiger partial charge in [-0.1, -0.05) is 18.9 Å². The van der Waals surface area contributed by atoms with Crippen LogP contribution in [0.15, 0.2) is 23.3 Å². The Labute approximate surface area is 164 Å². The molecule has 1 aliphatic rings. The van der Waals surface area contributed by atoms with Crippen molar-refractivity contribution >= 4 is 5.96 Å². The van der Waals surface area contributed by atoms with Gasteiger partial charge in [-0.2, -0.15) is 13.2 Å². The molecule has 1 aromatic rings. The second-order valence-corrected chi connectivity index (χ2v) is 6.83. The van der Waals surface area contributed by atoms with E-state index < -0.39 is 12.8 Å². The first-order valence-electron chi connectivity index (χ1n) is 9.78. The van der Waals surface area contributed by atoms with Gasteiger partial charge in [0.15, 0.2) is 12.6 Å². The average Bonchev–Trinajstić information content (AvgIpc) is 2.94.